The fourth-order valence-corrected chi connectivity index (χ4v) is 4.54. The lowest BCUT2D eigenvalue weighted by Gasteiger charge is -2.37. The van der Waals surface area contributed by atoms with Crippen molar-refractivity contribution >= 4 is 17.7 Å². The highest BCUT2D eigenvalue weighted by molar-refractivity contribution is 6.06. The third-order valence-electron chi connectivity index (χ3n) is 6.90. The number of hydrogen-bond donors (Lipinski definition) is 0. The quantitative estimate of drug-likeness (QED) is 0.461. The maximum absolute atomic E-state index is 13.6. The van der Waals surface area contributed by atoms with Crippen molar-refractivity contribution < 1.29 is 23.9 Å². The van der Waals surface area contributed by atoms with E-state index in [0.29, 0.717) is 42.3 Å². The van der Waals surface area contributed by atoms with Crippen LogP contribution in [0.15, 0.2) is 0 Å². The monoisotopic (exact) mass is 433 g/mol. The lowest BCUT2D eigenvalue weighted by atomic mass is 9.83. The van der Waals surface area contributed by atoms with E-state index in [-0.39, 0.29) is 17.6 Å². The Labute approximate surface area is 184 Å². The summed E-state index contributed by atoms with van der Waals surface area (Å²) >= 11 is 0. The third kappa shape index (κ3) is 4.70. The van der Waals surface area contributed by atoms with Crippen molar-refractivity contribution in [2.24, 2.45) is 13.0 Å². The largest absolute Gasteiger partial charge is 0.464 e. The van der Waals surface area contributed by atoms with Gasteiger partial charge in [0, 0.05) is 50.4 Å². The van der Waals surface area contributed by atoms with Crippen LogP contribution in [-0.4, -0.2) is 84.6 Å². The maximum Gasteiger partial charge on any atom is 0.354 e. The fourth-order valence-electron chi connectivity index (χ4n) is 4.54. The highest BCUT2D eigenvalue weighted by atomic mass is 16.5. The van der Waals surface area contributed by atoms with Gasteiger partial charge in [-0.15, -0.1) is 0 Å². The minimum absolute atomic E-state index is 0.0172. The van der Waals surface area contributed by atoms with Crippen molar-refractivity contribution in [2.45, 2.75) is 46.1 Å². The number of hydrogen-bond acceptors (Lipinski definition) is 6. The van der Waals surface area contributed by atoms with Gasteiger partial charge in [-0.1, -0.05) is 6.42 Å². The summed E-state index contributed by atoms with van der Waals surface area (Å²) in [6.45, 7) is 9.71. The first-order chi connectivity index (χ1) is 14.8. The fraction of sp³-hybridized carbons (Fsp3) is 0.696. The van der Waals surface area contributed by atoms with Gasteiger partial charge in [0.05, 0.1) is 26.4 Å². The molecule has 1 aromatic rings. The van der Waals surface area contributed by atoms with Crippen LogP contribution in [0.2, 0.25) is 0 Å². The SMILES string of the molecule is COC(=O)c1c(C)c(C(=O)C(C)N(CCN2CCOCC2)C(=O)C2CCC2)c(C)n1C. The number of aromatic nitrogens is 1. The van der Waals surface area contributed by atoms with Gasteiger partial charge in [0.25, 0.3) is 0 Å². The lowest BCUT2D eigenvalue weighted by Crippen LogP contribution is -2.51. The highest BCUT2D eigenvalue weighted by Crippen LogP contribution is 2.30. The molecule has 1 saturated heterocycles. The summed E-state index contributed by atoms with van der Waals surface area (Å²) in [5.41, 5.74) is 2.20. The van der Waals surface area contributed by atoms with E-state index < -0.39 is 12.0 Å². The van der Waals surface area contributed by atoms with Gasteiger partial charge in [-0.05, 0) is 39.2 Å². The molecule has 1 atom stereocenters. The number of rotatable bonds is 8. The first-order valence-electron chi connectivity index (χ1n) is 11.2. The number of ketones is 1. The van der Waals surface area contributed by atoms with Gasteiger partial charge in [0.1, 0.15) is 5.69 Å². The molecule has 172 valence electrons. The van der Waals surface area contributed by atoms with E-state index in [1.54, 1.807) is 23.4 Å². The van der Waals surface area contributed by atoms with Crippen molar-refractivity contribution in [2.75, 3.05) is 46.5 Å². The number of Topliss-reactive ketones (excluding diaryl/α,β-unsaturated/α-hetero) is 1. The second-order valence-electron chi connectivity index (χ2n) is 8.64. The number of carbonyl (C=O) groups is 3. The van der Waals surface area contributed by atoms with Crippen LogP contribution >= 0.6 is 0 Å². The van der Waals surface area contributed by atoms with Crippen LogP contribution in [-0.2, 0) is 21.3 Å². The van der Waals surface area contributed by atoms with Gasteiger partial charge in [-0.2, -0.15) is 0 Å². The van der Waals surface area contributed by atoms with Gasteiger partial charge in [-0.25, -0.2) is 4.79 Å². The zero-order valence-corrected chi connectivity index (χ0v) is 19.4. The number of esters is 1. The Hall–Kier alpha value is -2.19. The number of nitrogens with zero attached hydrogens (tertiary/aromatic N) is 3. The van der Waals surface area contributed by atoms with E-state index in [4.69, 9.17) is 9.47 Å². The summed E-state index contributed by atoms with van der Waals surface area (Å²) in [5.74, 6) is -0.511. The topological polar surface area (TPSA) is 81.1 Å². The molecule has 1 amide bonds. The van der Waals surface area contributed by atoms with E-state index in [2.05, 4.69) is 4.90 Å². The highest BCUT2D eigenvalue weighted by Gasteiger charge is 2.36. The molecule has 0 N–H and O–H groups in total. The van der Waals surface area contributed by atoms with Crippen molar-refractivity contribution in [1.82, 2.24) is 14.4 Å². The molecule has 2 heterocycles. The van der Waals surface area contributed by atoms with Crippen LogP contribution < -0.4 is 0 Å². The summed E-state index contributed by atoms with van der Waals surface area (Å²) in [5, 5.41) is 0. The van der Waals surface area contributed by atoms with Gasteiger partial charge >= 0.3 is 5.97 Å². The Bertz CT molecular complexity index is 837. The molecule has 0 spiro atoms. The van der Waals surface area contributed by atoms with E-state index in [9.17, 15) is 14.4 Å². The summed E-state index contributed by atoms with van der Waals surface area (Å²) in [4.78, 5) is 43.1. The molecule has 31 heavy (non-hydrogen) atoms. The van der Waals surface area contributed by atoms with Crippen LogP contribution in [0, 0.1) is 19.8 Å². The molecule has 2 aliphatic rings. The Morgan fingerprint density at radius 2 is 1.84 bits per heavy atom. The average Bonchev–Trinajstić information content (AvgIpc) is 2.94. The predicted molar refractivity (Wildman–Crippen MR) is 116 cm³/mol. The Morgan fingerprint density at radius 1 is 1.19 bits per heavy atom. The Kier molecular flexibility index (Phi) is 7.54. The molecule has 2 fully saturated rings. The Balaban J connectivity index is 1.84. The van der Waals surface area contributed by atoms with Gasteiger partial charge in [0.2, 0.25) is 5.91 Å². The number of morpholine rings is 1. The lowest BCUT2D eigenvalue weighted by molar-refractivity contribution is -0.139. The van der Waals surface area contributed by atoms with Crippen molar-refractivity contribution in [3.63, 3.8) is 0 Å². The molecular weight excluding hydrogens is 398 g/mol. The van der Waals surface area contributed by atoms with Crippen molar-refractivity contribution in [1.29, 1.82) is 0 Å². The molecule has 1 saturated carbocycles. The normalized spacial score (nSPS) is 18.4. The smallest absolute Gasteiger partial charge is 0.354 e. The Morgan fingerprint density at radius 3 is 2.39 bits per heavy atom. The first kappa shape index (κ1) is 23.5. The third-order valence-corrected chi connectivity index (χ3v) is 6.90. The minimum atomic E-state index is -0.598. The summed E-state index contributed by atoms with van der Waals surface area (Å²) in [7, 11) is 3.09. The molecule has 1 aromatic heterocycles. The number of methoxy groups -OCH3 is 1. The van der Waals surface area contributed by atoms with E-state index >= 15 is 0 Å². The van der Waals surface area contributed by atoms with Crippen LogP contribution in [0.25, 0.3) is 0 Å². The number of amides is 1. The second kappa shape index (κ2) is 9.96. The summed E-state index contributed by atoms with van der Waals surface area (Å²) < 4.78 is 12.0. The summed E-state index contributed by atoms with van der Waals surface area (Å²) in [6, 6.07) is -0.598. The summed E-state index contributed by atoms with van der Waals surface area (Å²) in [6.07, 6.45) is 2.85. The number of carbonyl (C=O) groups excluding carboxylic acids is 3. The van der Waals surface area contributed by atoms with Crippen molar-refractivity contribution in [3.8, 4) is 0 Å². The molecule has 0 bridgehead atoms. The molecule has 8 nitrogen and oxygen atoms in total. The van der Waals surface area contributed by atoms with Gasteiger partial charge in [0.15, 0.2) is 5.78 Å². The zero-order chi connectivity index (χ0) is 22.7. The molecule has 1 aliphatic heterocycles. The average molecular weight is 434 g/mol. The molecule has 0 aromatic carbocycles. The molecule has 3 rings (SSSR count). The maximum atomic E-state index is 13.6. The van der Waals surface area contributed by atoms with E-state index in [1.165, 1.54) is 7.11 Å². The molecule has 1 aliphatic carbocycles. The first-order valence-corrected chi connectivity index (χ1v) is 11.2. The predicted octanol–water partition coefficient (Wildman–Crippen LogP) is 1.96. The minimum Gasteiger partial charge on any atom is -0.464 e. The van der Waals surface area contributed by atoms with Crippen LogP contribution in [0.5, 0.6) is 0 Å². The molecule has 0 radical (unpaired) electrons. The zero-order valence-electron chi connectivity index (χ0n) is 19.4. The molecular formula is C23H35N3O5. The standard InChI is InChI=1S/C23H35N3O5/c1-15-19(16(2)24(4)20(15)23(29)30-5)21(27)17(3)26(22(28)18-7-6-8-18)10-9-25-11-13-31-14-12-25/h17-18H,6-14H2,1-5H3. The van der Waals surface area contributed by atoms with E-state index in [1.807, 2.05) is 13.8 Å². The second-order valence-corrected chi connectivity index (χ2v) is 8.64. The molecule has 1 unspecified atom stereocenters. The number of ether oxygens (including phenoxy) is 2. The van der Waals surface area contributed by atoms with Crippen molar-refractivity contribution in [3.05, 3.63) is 22.5 Å². The van der Waals surface area contributed by atoms with Gasteiger partial charge in [-0.3, -0.25) is 14.5 Å². The van der Waals surface area contributed by atoms with Crippen LogP contribution in [0.4, 0.5) is 0 Å². The van der Waals surface area contributed by atoms with Crippen LogP contribution in [0.1, 0.15) is 58.3 Å². The molecule has 8 heteroatoms. The van der Waals surface area contributed by atoms with Crippen LogP contribution in [0.3, 0.4) is 0 Å². The van der Waals surface area contributed by atoms with E-state index in [0.717, 1.165) is 38.9 Å². The van der Waals surface area contributed by atoms with Gasteiger partial charge < -0.3 is 18.9 Å².